The zero-order valence-corrected chi connectivity index (χ0v) is 11.3. The quantitative estimate of drug-likeness (QED) is 0.862. The first-order valence-corrected chi connectivity index (χ1v) is 7.83. The van der Waals surface area contributed by atoms with Crippen LogP contribution < -0.4 is 0 Å². The summed E-state index contributed by atoms with van der Waals surface area (Å²) in [7, 11) is -3.18. The molecular formula is C13H16N2O3S. The lowest BCUT2D eigenvalue weighted by Crippen LogP contribution is -2.10. The van der Waals surface area contributed by atoms with E-state index in [2.05, 4.69) is 5.10 Å². The average Bonchev–Trinajstić information content (AvgIpc) is 2.85. The van der Waals surface area contributed by atoms with Gasteiger partial charge in [-0.1, -0.05) is 18.2 Å². The molecule has 0 atom stereocenters. The van der Waals surface area contributed by atoms with Crippen molar-refractivity contribution >= 4 is 9.84 Å². The van der Waals surface area contributed by atoms with E-state index in [1.165, 1.54) is 0 Å². The minimum atomic E-state index is -3.18. The second-order valence-electron chi connectivity index (χ2n) is 4.30. The molecule has 1 heterocycles. The Morgan fingerprint density at radius 2 is 1.95 bits per heavy atom. The molecule has 1 aromatic carbocycles. The van der Waals surface area contributed by atoms with Crippen LogP contribution in [-0.4, -0.2) is 35.7 Å². The third-order valence-electron chi connectivity index (χ3n) is 2.66. The SMILES string of the molecule is O=S(=O)(CCCO)Cc1cnn(-c2ccccc2)c1. The van der Waals surface area contributed by atoms with Crippen molar-refractivity contribution in [3.63, 3.8) is 0 Å². The molecule has 5 nitrogen and oxygen atoms in total. The van der Waals surface area contributed by atoms with Crippen molar-refractivity contribution in [2.45, 2.75) is 12.2 Å². The highest BCUT2D eigenvalue weighted by atomic mass is 32.2. The minimum absolute atomic E-state index is 0.0000168. The summed E-state index contributed by atoms with van der Waals surface area (Å²) in [5, 5.41) is 12.8. The van der Waals surface area contributed by atoms with E-state index in [4.69, 9.17) is 5.11 Å². The van der Waals surface area contributed by atoms with Crippen molar-refractivity contribution in [3.05, 3.63) is 48.3 Å². The van der Waals surface area contributed by atoms with Gasteiger partial charge in [-0.05, 0) is 18.6 Å². The van der Waals surface area contributed by atoms with Gasteiger partial charge in [-0.2, -0.15) is 5.10 Å². The fourth-order valence-electron chi connectivity index (χ4n) is 1.77. The predicted molar refractivity (Wildman–Crippen MR) is 72.8 cm³/mol. The van der Waals surface area contributed by atoms with Gasteiger partial charge in [-0.3, -0.25) is 0 Å². The third kappa shape index (κ3) is 3.90. The van der Waals surface area contributed by atoms with Crippen LogP contribution in [0.5, 0.6) is 0 Å². The second kappa shape index (κ2) is 5.99. The third-order valence-corrected chi connectivity index (χ3v) is 4.34. The van der Waals surface area contributed by atoms with Crippen LogP contribution in [0.2, 0.25) is 0 Å². The van der Waals surface area contributed by atoms with Crippen molar-refractivity contribution in [3.8, 4) is 5.69 Å². The highest BCUT2D eigenvalue weighted by Gasteiger charge is 2.13. The van der Waals surface area contributed by atoms with Gasteiger partial charge >= 0.3 is 0 Å². The molecule has 1 aromatic heterocycles. The lowest BCUT2D eigenvalue weighted by Gasteiger charge is -2.01. The van der Waals surface area contributed by atoms with Crippen molar-refractivity contribution in [1.82, 2.24) is 9.78 Å². The van der Waals surface area contributed by atoms with Crippen LogP contribution >= 0.6 is 0 Å². The van der Waals surface area contributed by atoms with E-state index in [-0.39, 0.29) is 24.5 Å². The number of rotatable bonds is 6. The molecule has 0 saturated carbocycles. The summed E-state index contributed by atoms with van der Waals surface area (Å²) in [6.45, 7) is -0.109. The standard InChI is InChI=1S/C13H16N2O3S/c16-7-4-8-19(17,18)11-12-9-14-15(10-12)13-5-2-1-3-6-13/h1-3,5-6,9-10,16H,4,7-8,11H2. The fourth-order valence-corrected chi connectivity index (χ4v) is 3.14. The first-order chi connectivity index (χ1) is 9.11. The smallest absolute Gasteiger partial charge is 0.154 e. The molecule has 0 radical (unpaired) electrons. The Morgan fingerprint density at radius 1 is 1.21 bits per heavy atom. The molecule has 0 spiro atoms. The van der Waals surface area contributed by atoms with Crippen LogP contribution in [0.15, 0.2) is 42.7 Å². The summed E-state index contributed by atoms with van der Waals surface area (Å²) >= 11 is 0. The van der Waals surface area contributed by atoms with Gasteiger partial charge in [-0.25, -0.2) is 13.1 Å². The molecule has 0 fully saturated rings. The molecule has 0 bridgehead atoms. The number of aliphatic hydroxyl groups is 1. The van der Waals surface area contributed by atoms with E-state index in [0.29, 0.717) is 5.56 Å². The lowest BCUT2D eigenvalue weighted by molar-refractivity contribution is 0.295. The van der Waals surface area contributed by atoms with Crippen molar-refractivity contribution < 1.29 is 13.5 Å². The summed E-state index contributed by atoms with van der Waals surface area (Å²) in [4.78, 5) is 0. The van der Waals surface area contributed by atoms with Gasteiger partial charge in [0, 0.05) is 18.4 Å². The maximum Gasteiger partial charge on any atom is 0.154 e. The number of benzene rings is 1. The molecule has 0 aliphatic carbocycles. The maximum absolute atomic E-state index is 11.8. The van der Waals surface area contributed by atoms with E-state index in [9.17, 15) is 8.42 Å². The topological polar surface area (TPSA) is 72.2 Å². The van der Waals surface area contributed by atoms with Crippen LogP contribution in [0.4, 0.5) is 0 Å². The molecule has 1 N–H and O–H groups in total. The van der Waals surface area contributed by atoms with E-state index < -0.39 is 9.84 Å². The molecule has 2 rings (SSSR count). The highest BCUT2D eigenvalue weighted by molar-refractivity contribution is 7.90. The number of sulfone groups is 1. The molecule has 0 unspecified atom stereocenters. The summed E-state index contributed by atoms with van der Waals surface area (Å²) in [6.07, 6.45) is 3.55. The largest absolute Gasteiger partial charge is 0.396 e. The molecule has 0 aliphatic rings. The number of nitrogens with zero attached hydrogens (tertiary/aromatic N) is 2. The van der Waals surface area contributed by atoms with Gasteiger partial charge in [0.2, 0.25) is 0 Å². The summed E-state index contributed by atoms with van der Waals surface area (Å²) < 4.78 is 25.2. The van der Waals surface area contributed by atoms with Crippen LogP contribution in [0.25, 0.3) is 5.69 Å². The Balaban J connectivity index is 2.10. The molecule has 0 amide bonds. The lowest BCUT2D eigenvalue weighted by atomic mass is 10.3. The van der Waals surface area contributed by atoms with E-state index in [1.807, 2.05) is 30.3 Å². The number of aromatic nitrogens is 2. The molecule has 2 aromatic rings. The summed E-state index contributed by atoms with van der Waals surface area (Å²) in [5.41, 5.74) is 1.54. The Labute approximate surface area is 112 Å². The Morgan fingerprint density at radius 3 is 2.63 bits per heavy atom. The van der Waals surface area contributed by atoms with E-state index in [1.54, 1.807) is 17.1 Å². The Bertz CT molecular complexity index is 620. The highest BCUT2D eigenvalue weighted by Crippen LogP contribution is 2.11. The van der Waals surface area contributed by atoms with Crippen molar-refractivity contribution in [2.75, 3.05) is 12.4 Å². The zero-order valence-electron chi connectivity index (χ0n) is 10.4. The maximum atomic E-state index is 11.8. The van der Waals surface area contributed by atoms with Crippen molar-refractivity contribution in [2.24, 2.45) is 0 Å². The van der Waals surface area contributed by atoms with Crippen LogP contribution in [0.3, 0.4) is 0 Å². The van der Waals surface area contributed by atoms with Crippen LogP contribution in [0, 0.1) is 0 Å². The van der Waals surface area contributed by atoms with Gasteiger partial charge in [0.25, 0.3) is 0 Å². The van der Waals surface area contributed by atoms with Gasteiger partial charge in [0.05, 0.1) is 23.4 Å². The fraction of sp³-hybridized carbons (Fsp3) is 0.308. The van der Waals surface area contributed by atoms with E-state index in [0.717, 1.165) is 5.69 Å². The average molecular weight is 280 g/mol. The molecule has 0 aliphatic heterocycles. The van der Waals surface area contributed by atoms with E-state index >= 15 is 0 Å². The molecular weight excluding hydrogens is 264 g/mol. The predicted octanol–water partition coefficient (Wildman–Crippen LogP) is 1.17. The number of hydrogen-bond acceptors (Lipinski definition) is 4. The summed E-state index contributed by atoms with van der Waals surface area (Å²) in [6, 6.07) is 9.50. The van der Waals surface area contributed by atoms with Gasteiger partial charge in [0.1, 0.15) is 0 Å². The summed E-state index contributed by atoms with van der Waals surface area (Å²) in [5.74, 6) is -0.0418. The molecule has 6 heteroatoms. The minimum Gasteiger partial charge on any atom is -0.396 e. The molecule has 102 valence electrons. The van der Waals surface area contributed by atoms with Crippen LogP contribution in [-0.2, 0) is 15.6 Å². The Kier molecular flexibility index (Phi) is 4.34. The first kappa shape index (κ1) is 13.8. The molecule has 0 saturated heterocycles. The monoisotopic (exact) mass is 280 g/mol. The van der Waals surface area contributed by atoms with Crippen LogP contribution in [0.1, 0.15) is 12.0 Å². The van der Waals surface area contributed by atoms with Gasteiger partial charge in [0.15, 0.2) is 9.84 Å². The normalized spacial score (nSPS) is 11.6. The van der Waals surface area contributed by atoms with Gasteiger partial charge in [-0.15, -0.1) is 0 Å². The first-order valence-electron chi connectivity index (χ1n) is 6.01. The number of aliphatic hydroxyl groups excluding tert-OH is 1. The Hall–Kier alpha value is -1.66. The molecule has 19 heavy (non-hydrogen) atoms. The zero-order chi connectivity index (χ0) is 13.7. The second-order valence-corrected chi connectivity index (χ2v) is 6.48. The van der Waals surface area contributed by atoms with Gasteiger partial charge < -0.3 is 5.11 Å². The number of hydrogen-bond donors (Lipinski definition) is 1. The number of para-hydroxylation sites is 1. The van der Waals surface area contributed by atoms with Crippen molar-refractivity contribution in [1.29, 1.82) is 0 Å².